The molecule has 0 saturated heterocycles. The van der Waals surface area contributed by atoms with Gasteiger partial charge >= 0.3 is 0 Å². The van der Waals surface area contributed by atoms with Crippen LogP contribution in [0.3, 0.4) is 0 Å². The SMILES string of the molecule is CCOc1cc(CNCc2ccco2)ccc1OCc1ccccc1Cl.[Cl-]. The molecule has 0 aliphatic carbocycles. The van der Waals surface area contributed by atoms with Gasteiger partial charge in [-0.05, 0) is 42.8 Å². The molecule has 3 rings (SSSR count). The molecule has 0 amide bonds. The smallest absolute Gasteiger partial charge is 0.161 e. The van der Waals surface area contributed by atoms with Crippen LogP contribution in [0.25, 0.3) is 0 Å². The number of ether oxygens (including phenoxy) is 2. The summed E-state index contributed by atoms with van der Waals surface area (Å²) in [6.45, 7) is 4.33. The van der Waals surface area contributed by atoms with Crippen LogP contribution in [0.4, 0.5) is 0 Å². The van der Waals surface area contributed by atoms with Crippen molar-refractivity contribution in [2.75, 3.05) is 6.61 Å². The molecule has 0 fully saturated rings. The molecule has 2 aromatic carbocycles. The van der Waals surface area contributed by atoms with E-state index in [1.54, 1.807) is 6.26 Å². The number of hydrogen-bond acceptors (Lipinski definition) is 4. The maximum atomic E-state index is 6.19. The molecule has 1 N–H and O–H groups in total. The summed E-state index contributed by atoms with van der Waals surface area (Å²) in [6, 6.07) is 17.5. The van der Waals surface area contributed by atoms with E-state index in [-0.39, 0.29) is 12.4 Å². The predicted octanol–water partition coefficient (Wildman–Crippen LogP) is 2.20. The van der Waals surface area contributed by atoms with Gasteiger partial charge in [0.05, 0.1) is 19.4 Å². The molecular weight excluding hydrogens is 385 g/mol. The van der Waals surface area contributed by atoms with Crippen molar-refractivity contribution in [2.24, 2.45) is 0 Å². The fourth-order valence-electron chi connectivity index (χ4n) is 2.56. The highest BCUT2D eigenvalue weighted by atomic mass is 35.5. The molecule has 3 aromatic rings. The van der Waals surface area contributed by atoms with Gasteiger partial charge in [0.15, 0.2) is 11.5 Å². The van der Waals surface area contributed by atoms with Gasteiger partial charge in [-0.2, -0.15) is 0 Å². The van der Waals surface area contributed by atoms with Crippen LogP contribution in [-0.2, 0) is 19.7 Å². The Morgan fingerprint density at radius 1 is 0.963 bits per heavy atom. The molecule has 0 radical (unpaired) electrons. The summed E-state index contributed by atoms with van der Waals surface area (Å²) in [4.78, 5) is 0. The molecule has 27 heavy (non-hydrogen) atoms. The van der Waals surface area contributed by atoms with Gasteiger partial charge in [-0.25, -0.2) is 0 Å². The molecule has 1 aromatic heterocycles. The van der Waals surface area contributed by atoms with E-state index >= 15 is 0 Å². The van der Waals surface area contributed by atoms with Crippen LogP contribution in [0.2, 0.25) is 5.02 Å². The van der Waals surface area contributed by atoms with Gasteiger partial charge in [0.25, 0.3) is 0 Å². The maximum Gasteiger partial charge on any atom is 0.161 e. The molecule has 0 aliphatic heterocycles. The third-order valence-electron chi connectivity index (χ3n) is 3.86. The number of halogens is 2. The predicted molar refractivity (Wildman–Crippen MR) is 103 cm³/mol. The van der Waals surface area contributed by atoms with Crippen molar-refractivity contribution in [1.29, 1.82) is 0 Å². The molecule has 0 saturated carbocycles. The van der Waals surface area contributed by atoms with E-state index in [2.05, 4.69) is 5.32 Å². The topological polar surface area (TPSA) is 43.6 Å². The Morgan fingerprint density at radius 3 is 2.56 bits per heavy atom. The summed E-state index contributed by atoms with van der Waals surface area (Å²) in [6.07, 6.45) is 1.68. The minimum Gasteiger partial charge on any atom is -1.00 e. The average molecular weight is 407 g/mol. The molecule has 6 heteroatoms. The van der Waals surface area contributed by atoms with E-state index in [0.29, 0.717) is 37.1 Å². The fourth-order valence-corrected chi connectivity index (χ4v) is 2.75. The molecule has 0 unspecified atom stereocenters. The highest BCUT2D eigenvalue weighted by Crippen LogP contribution is 2.30. The van der Waals surface area contributed by atoms with Crippen molar-refractivity contribution in [3.63, 3.8) is 0 Å². The van der Waals surface area contributed by atoms with E-state index in [1.165, 1.54) is 0 Å². The Kier molecular flexibility index (Phi) is 8.52. The molecule has 4 nitrogen and oxygen atoms in total. The quantitative estimate of drug-likeness (QED) is 0.591. The van der Waals surface area contributed by atoms with Crippen LogP contribution in [0.5, 0.6) is 11.5 Å². The van der Waals surface area contributed by atoms with E-state index in [9.17, 15) is 0 Å². The number of hydrogen-bond donors (Lipinski definition) is 1. The lowest BCUT2D eigenvalue weighted by molar-refractivity contribution is -0.00000650. The Bertz CT molecular complexity index is 822. The minimum absolute atomic E-state index is 0. The van der Waals surface area contributed by atoms with Crippen molar-refractivity contribution in [1.82, 2.24) is 5.32 Å². The molecular formula is C21H22Cl2NO3-. The first-order valence-electron chi connectivity index (χ1n) is 8.61. The second-order valence-electron chi connectivity index (χ2n) is 5.78. The number of furan rings is 1. The molecule has 0 bridgehead atoms. The zero-order chi connectivity index (χ0) is 18.2. The van der Waals surface area contributed by atoms with Crippen LogP contribution < -0.4 is 27.2 Å². The number of benzene rings is 2. The monoisotopic (exact) mass is 406 g/mol. The Labute approximate surface area is 170 Å². The van der Waals surface area contributed by atoms with Crippen LogP contribution >= 0.6 is 11.6 Å². The third-order valence-corrected chi connectivity index (χ3v) is 4.23. The van der Waals surface area contributed by atoms with E-state index in [0.717, 1.165) is 22.6 Å². The second-order valence-corrected chi connectivity index (χ2v) is 6.18. The molecule has 0 spiro atoms. The van der Waals surface area contributed by atoms with Gasteiger partial charge in [0.2, 0.25) is 0 Å². The lowest BCUT2D eigenvalue weighted by Gasteiger charge is -2.14. The van der Waals surface area contributed by atoms with Crippen molar-refractivity contribution >= 4 is 11.6 Å². The first kappa shape index (κ1) is 21.2. The Morgan fingerprint density at radius 2 is 1.81 bits per heavy atom. The van der Waals surface area contributed by atoms with E-state index < -0.39 is 0 Å². The summed E-state index contributed by atoms with van der Waals surface area (Å²) in [5.41, 5.74) is 2.06. The molecule has 1 heterocycles. The maximum absolute atomic E-state index is 6.19. The zero-order valence-corrected chi connectivity index (χ0v) is 16.6. The van der Waals surface area contributed by atoms with Gasteiger partial charge in [0.1, 0.15) is 12.4 Å². The normalized spacial score (nSPS) is 10.3. The van der Waals surface area contributed by atoms with Crippen LogP contribution in [0.1, 0.15) is 23.8 Å². The highest BCUT2D eigenvalue weighted by molar-refractivity contribution is 6.31. The third kappa shape index (κ3) is 6.21. The minimum atomic E-state index is 0. The van der Waals surface area contributed by atoms with Crippen molar-refractivity contribution in [3.05, 3.63) is 82.8 Å². The van der Waals surface area contributed by atoms with Crippen LogP contribution in [0.15, 0.2) is 65.3 Å². The first-order valence-corrected chi connectivity index (χ1v) is 8.99. The fraction of sp³-hybridized carbons (Fsp3) is 0.238. The Hall–Kier alpha value is -2.14. The van der Waals surface area contributed by atoms with Crippen LogP contribution in [-0.4, -0.2) is 6.61 Å². The second kappa shape index (κ2) is 10.9. The standard InChI is InChI=1S/C21H22ClNO3.ClH/c1-2-24-21-12-16(13-23-14-18-7-5-11-25-18)9-10-20(21)26-15-17-6-3-4-8-19(17)22;/h3-12,23H,2,13-15H2,1H3;1H/p-1. The van der Waals surface area contributed by atoms with Gasteiger partial charge in [-0.1, -0.05) is 35.9 Å². The first-order chi connectivity index (χ1) is 12.8. The summed E-state index contributed by atoms with van der Waals surface area (Å²) in [5, 5.41) is 4.05. The highest BCUT2D eigenvalue weighted by Gasteiger charge is 2.08. The van der Waals surface area contributed by atoms with Crippen molar-refractivity contribution in [2.45, 2.75) is 26.6 Å². The lowest BCUT2D eigenvalue weighted by atomic mass is 10.2. The van der Waals surface area contributed by atoms with Crippen molar-refractivity contribution < 1.29 is 26.3 Å². The van der Waals surface area contributed by atoms with Crippen LogP contribution in [0, 0.1) is 0 Å². The molecule has 0 aliphatic rings. The zero-order valence-electron chi connectivity index (χ0n) is 15.1. The summed E-state index contributed by atoms with van der Waals surface area (Å²) < 4.78 is 17.0. The largest absolute Gasteiger partial charge is 1.00 e. The Balaban J connectivity index is 0.00000261. The van der Waals surface area contributed by atoms with E-state index in [4.69, 9.17) is 25.5 Å². The van der Waals surface area contributed by atoms with E-state index in [1.807, 2.05) is 61.5 Å². The number of rotatable bonds is 9. The lowest BCUT2D eigenvalue weighted by Crippen LogP contribution is -3.00. The number of nitrogens with one attached hydrogen (secondary N) is 1. The summed E-state index contributed by atoms with van der Waals surface area (Å²) in [5.74, 6) is 2.35. The van der Waals surface area contributed by atoms with Gasteiger partial charge in [0, 0.05) is 17.1 Å². The van der Waals surface area contributed by atoms with Gasteiger partial charge < -0.3 is 31.6 Å². The average Bonchev–Trinajstić information content (AvgIpc) is 3.16. The van der Waals surface area contributed by atoms with Gasteiger partial charge in [-0.3, -0.25) is 0 Å². The summed E-state index contributed by atoms with van der Waals surface area (Å²) >= 11 is 6.19. The van der Waals surface area contributed by atoms with Gasteiger partial charge in [-0.15, -0.1) is 0 Å². The molecule has 0 atom stereocenters. The molecule has 144 valence electrons. The van der Waals surface area contributed by atoms with Crippen molar-refractivity contribution in [3.8, 4) is 11.5 Å². The summed E-state index contributed by atoms with van der Waals surface area (Å²) in [7, 11) is 0.